The van der Waals surface area contributed by atoms with Crippen molar-refractivity contribution in [3.63, 3.8) is 0 Å². The van der Waals surface area contributed by atoms with Crippen LogP contribution < -0.4 is 0 Å². The molecule has 1 saturated heterocycles. The summed E-state index contributed by atoms with van der Waals surface area (Å²) in [5.74, 6) is 5.40. The number of hydrogen-bond acceptors (Lipinski definition) is 1. The van der Waals surface area contributed by atoms with E-state index in [0.29, 0.717) is 5.60 Å². The predicted octanol–water partition coefficient (Wildman–Crippen LogP) is 4.80. The van der Waals surface area contributed by atoms with Gasteiger partial charge in [0.1, 0.15) is 0 Å². The topological polar surface area (TPSA) is 12.5 Å². The quantitative estimate of drug-likeness (QED) is 0.578. The van der Waals surface area contributed by atoms with E-state index in [1.165, 1.54) is 38.5 Å². The minimum absolute atomic E-state index is 0.393. The van der Waals surface area contributed by atoms with Gasteiger partial charge in [-0.2, -0.15) is 0 Å². The van der Waals surface area contributed by atoms with Crippen LogP contribution in [0.3, 0.4) is 0 Å². The van der Waals surface area contributed by atoms with E-state index >= 15 is 0 Å². The molecular weight excluding hydrogens is 244 g/mol. The molecule has 1 spiro atoms. The highest BCUT2D eigenvalue weighted by molar-refractivity contribution is 5.07. The molecule has 5 rings (SSSR count). The lowest BCUT2D eigenvalue weighted by atomic mass is 9.50. The Balaban J connectivity index is 1.39. The van der Waals surface area contributed by atoms with E-state index in [1.807, 2.05) is 0 Å². The molecule has 0 aromatic rings. The highest BCUT2D eigenvalue weighted by Gasteiger charge is 2.57. The Hall–Kier alpha value is -0.0400. The summed E-state index contributed by atoms with van der Waals surface area (Å²) in [7, 11) is 0. The van der Waals surface area contributed by atoms with Gasteiger partial charge in [0.15, 0.2) is 0 Å². The third-order valence-electron chi connectivity index (χ3n) is 8.42. The molecule has 1 aliphatic heterocycles. The van der Waals surface area contributed by atoms with E-state index in [9.17, 15) is 0 Å². The summed E-state index contributed by atoms with van der Waals surface area (Å²) in [6, 6.07) is 0. The van der Waals surface area contributed by atoms with Crippen LogP contribution in [-0.2, 0) is 4.74 Å². The van der Waals surface area contributed by atoms with Crippen LogP contribution in [0.25, 0.3) is 0 Å². The second-order valence-electron chi connectivity index (χ2n) is 9.23. The second-order valence-corrected chi connectivity index (χ2v) is 9.23. The molecule has 4 saturated carbocycles. The van der Waals surface area contributed by atoms with Crippen molar-refractivity contribution in [2.24, 2.45) is 35.0 Å². The largest absolute Gasteiger partial charge is 0.370 e. The fraction of sp³-hybridized carbons (Fsp3) is 1.00. The van der Waals surface area contributed by atoms with Crippen molar-refractivity contribution < 1.29 is 4.74 Å². The van der Waals surface area contributed by atoms with Gasteiger partial charge in [0.25, 0.3) is 0 Å². The molecule has 112 valence electrons. The van der Waals surface area contributed by atoms with Gasteiger partial charge in [-0.15, -0.1) is 0 Å². The Kier molecular flexibility index (Phi) is 2.52. The molecule has 5 aliphatic rings. The van der Waals surface area contributed by atoms with Crippen molar-refractivity contribution in [2.45, 2.75) is 76.7 Å². The summed E-state index contributed by atoms with van der Waals surface area (Å²) in [5, 5.41) is 0. The lowest BCUT2D eigenvalue weighted by Crippen LogP contribution is -2.48. The van der Waals surface area contributed by atoms with Crippen LogP contribution in [0.1, 0.15) is 71.1 Å². The Morgan fingerprint density at radius 3 is 2.55 bits per heavy atom. The summed E-state index contributed by atoms with van der Waals surface area (Å²) in [5.41, 5.74) is 1.13. The summed E-state index contributed by atoms with van der Waals surface area (Å²) in [6.45, 7) is 3.71. The molecule has 4 aliphatic carbocycles. The molecule has 0 bridgehead atoms. The number of epoxide rings is 1. The van der Waals surface area contributed by atoms with E-state index in [-0.39, 0.29) is 0 Å². The van der Waals surface area contributed by atoms with Gasteiger partial charge >= 0.3 is 0 Å². The standard InChI is InChI=1S/C19H30O/c1-18-8-2-3-17(18)16-5-4-13-11-19(12-20-19)10-7-14(13)15(16)6-9-18/h13-17H,2-12H2,1H3/t13-,14+,15-,16-,17+,18+,19-/m1/s1. The minimum atomic E-state index is 0.393. The van der Waals surface area contributed by atoms with Gasteiger partial charge in [0, 0.05) is 0 Å². The van der Waals surface area contributed by atoms with Crippen molar-refractivity contribution >= 4 is 0 Å². The zero-order chi connectivity index (χ0) is 13.4. The molecule has 1 heterocycles. The molecule has 7 atom stereocenters. The van der Waals surface area contributed by atoms with Crippen LogP contribution in [-0.4, -0.2) is 12.2 Å². The van der Waals surface area contributed by atoms with Crippen LogP contribution in [0.4, 0.5) is 0 Å². The highest BCUT2D eigenvalue weighted by atomic mass is 16.6. The third-order valence-corrected chi connectivity index (χ3v) is 8.42. The first kappa shape index (κ1) is 12.5. The van der Waals surface area contributed by atoms with Gasteiger partial charge < -0.3 is 4.74 Å². The molecule has 0 amide bonds. The minimum Gasteiger partial charge on any atom is -0.370 e. The SMILES string of the molecule is C[C@@]12CCC[C@H]1[C@@H]1CC[C@@H]3C[C@]4(CC[C@@H]3[C@H]1CC2)CO4. The summed E-state index contributed by atoms with van der Waals surface area (Å²) >= 11 is 0. The number of fused-ring (bicyclic) bond motifs is 5. The molecule has 20 heavy (non-hydrogen) atoms. The zero-order valence-corrected chi connectivity index (χ0v) is 13.1. The van der Waals surface area contributed by atoms with Gasteiger partial charge in [-0.25, -0.2) is 0 Å². The summed E-state index contributed by atoms with van der Waals surface area (Å²) in [4.78, 5) is 0. The van der Waals surface area contributed by atoms with Crippen LogP contribution in [0.5, 0.6) is 0 Å². The predicted molar refractivity (Wildman–Crippen MR) is 80.4 cm³/mol. The fourth-order valence-electron chi connectivity index (χ4n) is 7.30. The van der Waals surface area contributed by atoms with Gasteiger partial charge in [0.2, 0.25) is 0 Å². The van der Waals surface area contributed by atoms with Crippen molar-refractivity contribution in [1.82, 2.24) is 0 Å². The van der Waals surface area contributed by atoms with Crippen molar-refractivity contribution in [3.8, 4) is 0 Å². The fourth-order valence-corrected chi connectivity index (χ4v) is 7.30. The van der Waals surface area contributed by atoms with Crippen LogP contribution in [0.2, 0.25) is 0 Å². The Morgan fingerprint density at radius 2 is 1.70 bits per heavy atom. The zero-order valence-electron chi connectivity index (χ0n) is 13.1. The normalized spacial score (nSPS) is 60.8. The maximum Gasteiger partial charge on any atom is 0.0919 e. The molecule has 0 radical (unpaired) electrons. The molecule has 1 heteroatoms. The average molecular weight is 274 g/mol. The third kappa shape index (κ3) is 1.65. The van der Waals surface area contributed by atoms with E-state index in [2.05, 4.69) is 6.92 Å². The molecule has 0 aromatic heterocycles. The van der Waals surface area contributed by atoms with Gasteiger partial charge in [-0.05, 0) is 92.8 Å². The maximum atomic E-state index is 5.81. The van der Waals surface area contributed by atoms with Crippen LogP contribution in [0.15, 0.2) is 0 Å². The number of ether oxygens (including phenoxy) is 1. The number of rotatable bonds is 0. The first-order valence-electron chi connectivity index (χ1n) is 9.33. The van der Waals surface area contributed by atoms with Crippen LogP contribution >= 0.6 is 0 Å². The van der Waals surface area contributed by atoms with E-state index in [1.54, 1.807) is 25.7 Å². The van der Waals surface area contributed by atoms with Gasteiger partial charge in [-0.3, -0.25) is 0 Å². The Morgan fingerprint density at radius 1 is 0.850 bits per heavy atom. The first-order chi connectivity index (χ1) is 9.69. The maximum absolute atomic E-state index is 5.81. The highest BCUT2D eigenvalue weighted by Crippen LogP contribution is 2.63. The number of hydrogen-bond donors (Lipinski definition) is 0. The van der Waals surface area contributed by atoms with Gasteiger partial charge in [-0.1, -0.05) is 13.3 Å². The molecule has 1 nitrogen and oxygen atoms in total. The van der Waals surface area contributed by atoms with Crippen molar-refractivity contribution in [2.75, 3.05) is 6.61 Å². The van der Waals surface area contributed by atoms with Crippen molar-refractivity contribution in [1.29, 1.82) is 0 Å². The lowest BCUT2D eigenvalue weighted by Gasteiger charge is -2.55. The van der Waals surface area contributed by atoms with Crippen LogP contribution in [0, 0.1) is 35.0 Å². The Labute approximate surface area is 123 Å². The van der Waals surface area contributed by atoms with E-state index in [4.69, 9.17) is 4.74 Å². The molecule has 0 aromatic carbocycles. The summed E-state index contributed by atoms with van der Waals surface area (Å²) in [6.07, 6.45) is 15.1. The lowest BCUT2D eigenvalue weighted by molar-refractivity contribution is -0.0594. The monoisotopic (exact) mass is 274 g/mol. The molecule has 0 N–H and O–H groups in total. The first-order valence-corrected chi connectivity index (χ1v) is 9.33. The summed E-state index contributed by atoms with van der Waals surface area (Å²) < 4.78 is 5.81. The molecule has 5 fully saturated rings. The van der Waals surface area contributed by atoms with E-state index in [0.717, 1.165) is 41.6 Å². The molecule has 0 unspecified atom stereocenters. The van der Waals surface area contributed by atoms with E-state index < -0.39 is 0 Å². The smallest absolute Gasteiger partial charge is 0.0919 e. The van der Waals surface area contributed by atoms with Crippen molar-refractivity contribution in [3.05, 3.63) is 0 Å². The average Bonchev–Trinajstić information content (AvgIpc) is 3.07. The van der Waals surface area contributed by atoms with Gasteiger partial charge in [0.05, 0.1) is 12.2 Å². The second kappa shape index (κ2) is 4.03. The molecular formula is C19H30O. The Bertz CT molecular complexity index is 412.